The number of hydrogen-bond acceptors (Lipinski definition) is 6. The lowest BCUT2D eigenvalue weighted by atomic mass is 9.97. The molecule has 0 bridgehead atoms. The van der Waals surface area contributed by atoms with Crippen LogP contribution in [0.25, 0.3) is 0 Å². The number of nitrogens with one attached hydrogen (secondary N) is 1. The third kappa shape index (κ3) is 5.16. The Morgan fingerprint density at radius 3 is 3.00 bits per heavy atom. The Hall–Kier alpha value is -1.70. The average molecular weight is 395 g/mol. The Morgan fingerprint density at radius 1 is 1.42 bits per heavy atom. The van der Waals surface area contributed by atoms with Crippen molar-refractivity contribution in [3.05, 3.63) is 40.7 Å². The van der Waals surface area contributed by atoms with Crippen LogP contribution in [0.1, 0.15) is 24.2 Å². The number of nitrogens with zero attached hydrogens (tertiary/aromatic N) is 3. The molecule has 1 aromatic carbocycles. The van der Waals surface area contributed by atoms with Gasteiger partial charge in [-0.15, -0.1) is 0 Å². The molecule has 1 N–H and O–H groups in total. The first-order chi connectivity index (χ1) is 12.7. The van der Waals surface area contributed by atoms with Gasteiger partial charge in [0.2, 0.25) is 11.0 Å². The summed E-state index contributed by atoms with van der Waals surface area (Å²) in [4.78, 5) is 19.1. The number of anilines is 1. The van der Waals surface area contributed by atoms with Crippen molar-refractivity contribution in [2.24, 2.45) is 5.92 Å². The molecule has 8 heteroatoms. The van der Waals surface area contributed by atoms with Crippen LogP contribution in [0.4, 0.5) is 5.13 Å². The molecule has 1 aliphatic rings. The zero-order valence-corrected chi connectivity index (χ0v) is 16.4. The summed E-state index contributed by atoms with van der Waals surface area (Å²) in [6, 6.07) is 7.73. The standard InChI is InChI=1S/C18H23ClN4O2S/c1-25-10-8-20-17(24)14-3-2-9-23(12-14)18-21-16(22-26-18)11-13-4-6-15(19)7-5-13/h4-7,14H,2-3,8-12H2,1H3,(H,20,24). The van der Waals surface area contributed by atoms with Gasteiger partial charge >= 0.3 is 0 Å². The van der Waals surface area contributed by atoms with Crippen LogP contribution in [0, 0.1) is 5.92 Å². The minimum absolute atomic E-state index is 0.00998. The van der Waals surface area contributed by atoms with Crippen molar-refractivity contribution < 1.29 is 9.53 Å². The number of halogens is 1. The number of rotatable bonds is 7. The zero-order chi connectivity index (χ0) is 18.4. The molecule has 1 amide bonds. The first-order valence-electron chi connectivity index (χ1n) is 8.74. The van der Waals surface area contributed by atoms with E-state index in [-0.39, 0.29) is 11.8 Å². The molecular formula is C18H23ClN4O2S. The Labute approximate surface area is 162 Å². The summed E-state index contributed by atoms with van der Waals surface area (Å²) in [6.45, 7) is 2.69. The molecule has 26 heavy (non-hydrogen) atoms. The van der Waals surface area contributed by atoms with Gasteiger partial charge in [0, 0.05) is 49.7 Å². The van der Waals surface area contributed by atoms with E-state index in [1.807, 2.05) is 24.3 Å². The third-order valence-corrected chi connectivity index (χ3v) is 5.47. The highest BCUT2D eigenvalue weighted by Crippen LogP contribution is 2.25. The average Bonchev–Trinajstić information content (AvgIpc) is 3.12. The summed E-state index contributed by atoms with van der Waals surface area (Å²) >= 11 is 7.32. The second-order valence-corrected chi connectivity index (χ2v) is 7.53. The fourth-order valence-corrected chi connectivity index (χ4v) is 3.86. The largest absolute Gasteiger partial charge is 0.383 e. The van der Waals surface area contributed by atoms with Crippen LogP contribution >= 0.6 is 23.1 Å². The van der Waals surface area contributed by atoms with Crippen molar-refractivity contribution in [1.82, 2.24) is 14.7 Å². The van der Waals surface area contributed by atoms with Crippen LogP contribution in [0.3, 0.4) is 0 Å². The van der Waals surface area contributed by atoms with Gasteiger partial charge in [-0.2, -0.15) is 4.37 Å². The summed E-state index contributed by atoms with van der Waals surface area (Å²) < 4.78 is 9.46. The number of methoxy groups -OCH3 is 1. The Bertz CT molecular complexity index is 722. The van der Waals surface area contributed by atoms with E-state index in [1.54, 1.807) is 7.11 Å². The van der Waals surface area contributed by atoms with E-state index in [9.17, 15) is 4.79 Å². The van der Waals surface area contributed by atoms with Crippen LogP contribution in [-0.2, 0) is 16.0 Å². The van der Waals surface area contributed by atoms with E-state index in [4.69, 9.17) is 16.3 Å². The number of carbonyl (C=O) groups excluding carboxylic acids is 1. The van der Waals surface area contributed by atoms with Crippen LogP contribution in [0.15, 0.2) is 24.3 Å². The smallest absolute Gasteiger partial charge is 0.224 e. The highest BCUT2D eigenvalue weighted by molar-refractivity contribution is 7.09. The predicted molar refractivity (Wildman–Crippen MR) is 104 cm³/mol. The Balaban J connectivity index is 1.57. The fourth-order valence-electron chi connectivity index (χ4n) is 3.02. The molecule has 3 rings (SSSR count). The van der Waals surface area contributed by atoms with E-state index in [2.05, 4.69) is 19.6 Å². The second-order valence-electron chi connectivity index (χ2n) is 6.37. The summed E-state index contributed by atoms with van der Waals surface area (Å²) in [5.41, 5.74) is 1.13. The van der Waals surface area contributed by atoms with Crippen molar-refractivity contribution in [1.29, 1.82) is 0 Å². The minimum atomic E-state index is -0.00998. The quantitative estimate of drug-likeness (QED) is 0.731. The fraction of sp³-hybridized carbons (Fsp3) is 0.500. The molecule has 0 radical (unpaired) electrons. The molecule has 0 saturated carbocycles. The molecule has 2 aromatic rings. The number of piperidine rings is 1. The highest BCUT2D eigenvalue weighted by atomic mass is 35.5. The second kappa shape index (κ2) is 9.30. The summed E-state index contributed by atoms with van der Waals surface area (Å²) in [5, 5.41) is 4.55. The molecule has 0 spiro atoms. The van der Waals surface area contributed by atoms with Crippen LogP contribution < -0.4 is 10.2 Å². The van der Waals surface area contributed by atoms with Crippen molar-refractivity contribution in [2.75, 3.05) is 38.3 Å². The maximum absolute atomic E-state index is 12.3. The maximum Gasteiger partial charge on any atom is 0.224 e. The monoisotopic (exact) mass is 394 g/mol. The van der Waals surface area contributed by atoms with E-state index in [0.29, 0.717) is 26.1 Å². The number of aromatic nitrogens is 2. The van der Waals surface area contributed by atoms with E-state index >= 15 is 0 Å². The van der Waals surface area contributed by atoms with Crippen molar-refractivity contribution in [3.63, 3.8) is 0 Å². The molecule has 1 fully saturated rings. The van der Waals surface area contributed by atoms with Crippen LogP contribution in [0.5, 0.6) is 0 Å². The minimum Gasteiger partial charge on any atom is -0.383 e. The highest BCUT2D eigenvalue weighted by Gasteiger charge is 2.27. The lowest BCUT2D eigenvalue weighted by molar-refractivity contribution is -0.125. The van der Waals surface area contributed by atoms with Crippen LogP contribution in [-0.4, -0.2) is 48.6 Å². The number of amides is 1. The van der Waals surface area contributed by atoms with E-state index in [0.717, 1.165) is 40.9 Å². The Kier molecular flexibility index (Phi) is 6.82. The first-order valence-corrected chi connectivity index (χ1v) is 9.89. The zero-order valence-electron chi connectivity index (χ0n) is 14.8. The lowest BCUT2D eigenvalue weighted by Crippen LogP contribution is -2.43. The SMILES string of the molecule is COCCNC(=O)C1CCCN(c2nc(Cc3ccc(Cl)cc3)ns2)C1. The van der Waals surface area contributed by atoms with Gasteiger partial charge in [0.1, 0.15) is 5.82 Å². The molecule has 2 heterocycles. The van der Waals surface area contributed by atoms with Crippen molar-refractivity contribution in [3.8, 4) is 0 Å². The van der Waals surface area contributed by atoms with E-state index in [1.165, 1.54) is 11.5 Å². The summed E-state index contributed by atoms with van der Waals surface area (Å²) in [5.74, 6) is 0.890. The van der Waals surface area contributed by atoms with E-state index < -0.39 is 0 Å². The van der Waals surface area contributed by atoms with Gasteiger partial charge in [-0.3, -0.25) is 4.79 Å². The third-order valence-electron chi connectivity index (χ3n) is 4.40. The Morgan fingerprint density at radius 2 is 2.23 bits per heavy atom. The lowest BCUT2D eigenvalue weighted by Gasteiger charge is -2.31. The van der Waals surface area contributed by atoms with Gasteiger partial charge in [0.15, 0.2) is 0 Å². The first kappa shape index (κ1) is 19.1. The molecule has 1 unspecified atom stereocenters. The summed E-state index contributed by atoms with van der Waals surface area (Å²) in [7, 11) is 1.63. The maximum atomic E-state index is 12.3. The molecule has 1 aromatic heterocycles. The van der Waals surface area contributed by atoms with Gasteiger partial charge in [0.25, 0.3) is 0 Å². The molecule has 1 atom stereocenters. The van der Waals surface area contributed by atoms with Crippen molar-refractivity contribution >= 4 is 34.2 Å². The van der Waals surface area contributed by atoms with Crippen LogP contribution in [0.2, 0.25) is 5.02 Å². The van der Waals surface area contributed by atoms with Gasteiger partial charge in [-0.1, -0.05) is 23.7 Å². The van der Waals surface area contributed by atoms with Gasteiger partial charge in [-0.05, 0) is 30.5 Å². The number of ether oxygens (including phenoxy) is 1. The van der Waals surface area contributed by atoms with Gasteiger partial charge in [0.05, 0.1) is 12.5 Å². The normalized spacial score (nSPS) is 17.3. The van der Waals surface area contributed by atoms with Gasteiger partial charge in [-0.25, -0.2) is 4.98 Å². The molecule has 1 aliphatic heterocycles. The topological polar surface area (TPSA) is 67.3 Å². The number of benzene rings is 1. The molecule has 0 aliphatic carbocycles. The van der Waals surface area contributed by atoms with Gasteiger partial charge < -0.3 is 15.0 Å². The number of carbonyl (C=O) groups is 1. The molecular weight excluding hydrogens is 372 g/mol. The molecule has 6 nitrogen and oxygen atoms in total. The number of hydrogen-bond donors (Lipinski definition) is 1. The predicted octanol–water partition coefficient (Wildman–Crippen LogP) is 2.76. The molecule has 140 valence electrons. The summed E-state index contributed by atoms with van der Waals surface area (Å²) in [6.07, 6.45) is 2.57. The molecule has 1 saturated heterocycles. The van der Waals surface area contributed by atoms with Crippen molar-refractivity contribution in [2.45, 2.75) is 19.3 Å².